The van der Waals surface area contributed by atoms with E-state index in [1.165, 1.54) is 6.20 Å². The van der Waals surface area contributed by atoms with Crippen molar-refractivity contribution in [3.05, 3.63) is 11.9 Å². The zero-order chi connectivity index (χ0) is 11.8. The lowest BCUT2D eigenvalue weighted by molar-refractivity contribution is -0.120. The van der Waals surface area contributed by atoms with Crippen LogP contribution in [-0.4, -0.2) is 33.7 Å². The molecule has 1 aromatic heterocycles. The second kappa shape index (κ2) is 6.89. The first-order chi connectivity index (χ1) is 7.74. The fourth-order valence-corrected chi connectivity index (χ4v) is 1.41. The van der Waals surface area contributed by atoms with Gasteiger partial charge in [0.05, 0.1) is 17.9 Å². The quantitative estimate of drug-likeness (QED) is 0.745. The third-order valence-corrected chi connectivity index (χ3v) is 2.28. The Hall–Kier alpha value is -1.50. The van der Waals surface area contributed by atoms with E-state index >= 15 is 0 Å². The van der Waals surface area contributed by atoms with Crippen molar-refractivity contribution in [3.63, 3.8) is 0 Å². The molecule has 0 saturated heterocycles. The Morgan fingerprint density at radius 3 is 2.81 bits per heavy atom. The van der Waals surface area contributed by atoms with E-state index in [1.807, 2.05) is 6.92 Å². The topological polar surface area (TPSA) is 84.0 Å². The molecule has 1 rings (SSSR count). The molecule has 0 unspecified atom stereocenters. The van der Waals surface area contributed by atoms with E-state index < -0.39 is 0 Å². The Morgan fingerprint density at radius 2 is 2.19 bits per heavy atom. The molecule has 0 aliphatic heterocycles. The van der Waals surface area contributed by atoms with Crippen molar-refractivity contribution in [1.82, 2.24) is 19.4 Å². The molecule has 7 heteroatoms. The number of rotatable bonds is 6. The van der Waals surface area contributed by atoms with Gasteiger partial charge in [0.15, 0.2) is 5.69 Å². The van der Waals surface area contributed by atoms with Gasteiger partial charge in [-0.15, -0.1) is 0 Å². The number of carbonyl (C=O) groups excluding carboxylic acids is 2. The van der Waals surface area contributed by atoms with Crippen LogP contribution in [-0.2, 0) is 4.79 Å². The van der Waals surface area contributed by atoms with Crippen LogP contribution in [0.2, 0.25) is 0 Å². The van der Waals surface area contributed by atoms with Crippen molar-refractivity contribution in [3.8, 4) is 0 Å². The summed E-state index contributed by atoms with van der Waals surface area (Å²) < 4.78 is 7.50. The summed E-state index contributed by atoms with van der Waals surface area (Å²) in [6.07, 6.45) is 2.59. The minimum Gasteiger partial charge on any atom is -0.356 e. The van der Waals surface area contributed by atoms with Crippen molar-refractivity contribution < 1.29 is 9.59 Å². The van der Waals surface area contributed by atoms with Gasteiger partial charge in [0.25, 0.3) is 5.91 Å². The molecule has 88 valence electrons. The number of hydrogen-bond acceptors (Lipinski definition) is 5. The summed E-state index contributed by atoms with van der Waals surface area (Å²) in [5.74, 6) is -0.351. The average molecular weight is 242 g/mol. The van der Waals surface area contributed by atoms with Gasteiger partial charge < -0.3 is 10.6 Å². The lowest BCUT2D eigenvalue weighted by Crippen LogP contribution is -2.31. The fraction of sp³-hybridized carbons (Fsp3) is 0.556. The van der Waals surface area contributed by atoms with Crippen molar-refractivity contribution in [2.75, 3.05) is 13.1 Å². The second-order valence-electron chi connectivity index (χ2n) is 3.15. The van der Waals surface area contributed by atoms with Gasteiger partial charge in [-0.2, -0.15) is 8.75 Å². The molecule has 2 N–H and O–H groups in total. The smallest absolute Gasteiger partial charge is 0.272 e. The van der Waals surface area contributed by atoms with Crippen LogP contribution in [0.5, 0.6) is 0 Å². The van der Waals surface area contributed by atoms with Crippen molar-refractivity contribution >= 4 is 23.5 Å². The highest BCUT2D eigenvalue weighted by Gasteiger charge is 2.08. The van der Waals surface area contributed by atoms with Gasteiger partial charge in [-0.3, -0.25) is 9.59 Å². The molecular formula is C9H14N4O2S. The highest BCUT2D eigenvalue weighted by Crippen LogP contribution is 1.94. The first-order valence-electron chi connectivity index (χ1n) is 5.06. The minimum absolute atomic E-state index is 0.0569. The Morgan fingerprint density at radius 1 is 1.38 bits per heavy atom. The third-order valence-electron chi connectivity index (χ3n) is 1.80. The van der Waals surface area contributed by atoms with E-state index in [0.29, 0.717) is 18.8 Å². The lowest BCUT2D eigenvalue weighted by Gasteiger charge is -2.04. The maximum atomic E-state index is 11.4. The molecule has 1 aromatic rings. The van der Waals surface area contributed by atoms with Crippen molar-refractivity contribution in [1.29, 1.82) is 0 Å². The molecule has 6 nitrogen and oxygen atoms in total. The Kier molecular flexibility index (Phi) is 5.41. The Labute approximate surface area is 97.8 Å². The van der Waals surface area contributed by atoms with Gasteiger partial charge in [0.1, 0.15) is 0 Å². The number of aromatic nitrogens is 2. The van der Waals surface area contributed by atoms with Gasteiger partial charge >= 0.3 is 0 Å². The Bertz CT molecular complexity index is 339. The standard InChI is InChI=1S/C9H14N4O2S/c1-2-4-10-8(14)3-5-11-9(15)7-6-12-16-13-7/h6H,2-5H2,1H3,(H,10,14)(H,11,15). The van der Waals surface area contributed by atoms with E-state index in [0.717, 1.165) is 18.1 Å². The predicted octanol–water partition coefficient (Wildman–Crippen LogP) is 0.184. The highest BCUT2D eigenvalue weighted by molar-refractivity contribution is 6.99. The summed E-state index contributed by atoms with van der Waals surface area (Å²) in [5, 5.41) is 5.32. The van der Waals surface area contributed by atoms with Gasteiger partial charge in [-0.1, -0.05) is 6.92 Å². The van der Waals surface area contributed by atoms with Crippen molar-refractivity contribution in [2.24, 2.45) is 0 Å². The average Bonchev–Trinajstić information content (AvgIpc) is 2.79. The molecule has 2 amide bonds. The van der Waals surface area contributed by atoms with Crippen LogP contribution in [0.1, 0.15) is 30.3 Å². The first kappa shape index (κ1) is 12.6. The van der Waals surface area contributed by atoms with Gasteiger partial charge in [0, 0.05) is 19.5 Å². The van der Waals surface area contributed by atoms with Crippen LogP contribution in [0, 0.1) is 0 Å². The lowest BCUT2D eigenvalue weighted by atomic mass is 10.3. The molecule has 0 aliphatic carbocycles. The maximum absolute atomic E-state index is 11.4. The fourth-order valence-electron chi connectivity index (χ4n) is 0.998. The summed E-state index contributed by atoms with van der Waals surface area (Å²) in [4.78, 5) is 22.5. The molecule has 0 atom stereocenters. The number of nitrogens with one attached hydrogen (secondary N) is 2. The van der Waals surface area contributed by atoms with Crippen molar-refractivity contribution in [2.45, 2.75) is 19.8 Å². The largest absolute Gasteiger partial charge is 0.356 e. The van der Waals surface area contributed by atoms with E-state index in [-0.39, 0.29) is 18.2 Å². The Balaban J connectivity index is 2.16. The van der Waals surface area contributed by atoms with E-state index in [1.54, 1.807) is 0 Å². The van der Waals surface area contributed by atoms with Gasteiger partial charge in [-0.25, -0.2) is 0 Å². The van der Waals surface area contributed by atoms with Crippen LogP contribution in [0.15, 0.2) is 6.20 Å². The number of nitrogens with zero attached hydrogens (tertiary/aromatic N) is 2. The molecule has 16 heavy (non-hydrogen) atoms. The summed E-state index contributed by atoms with van der Waals surface area (Å²) in [6.45, 7) is 2.96. The second-order valence-corrected chi connectivity index (χ2v) is 3.71. The first-order valence-corrected chi connectivity index (χ1v) is 5.79. The highest BCUT2D eigenvalue weighted by atomic mass is 32.1. The maximum Gasteiger partial charge on any atom is 0.272 e. The van der Waals surface area contributed by atoms with Crippen LogP contribution >= 0.6 is 11.7 Å². The van der Waals surface area contributed by atoms with Gasteiger partial charge in [-0.05, 0) is 6.42 Å². The molecule has 0 radical (unpaired) electrons. The summed E-state index contributed by atoms with van der Waals surface area (Å²) in [7, 11) is 0. The molecule has 0 aliphatic rings. The van der Waals surface area contributed by atoms with Crippen LogP contribution in [0.3, 0.4) is 0 Å². The zero-order valence-corrected chi connectivity index (χ0v) is 9.84. The van der Waals surface area contributed by atoms with Gasteiger partial charge in [0.2, 0.25) is 5.91 Å². The monoisotopic (exact) mass is 242 g/mol. The zero-order valence-electron chi connectivity index (χ0n) is 9.02. The molecule has 0 bridgehead atoms. The van der Waals surface area contributed by atoms with Crippen LogP contribution in [0.25, 0.3) is 0 Å². The number of amides is 2. The third kappa shape index (κ3) is 4.35. The SMILES string of the molecule is CCCNC(=O)CCNC(=O)c1cnsn1. The minimum atomic E-state index is -0.294. The molecule has 0 fully saturated rings. The molecule has 0 aromatic carbocycles. The molecule has 0 saturated carbocycles. The summed E-state index contributed by atoms with van der Waals surface area (Å²) >= 11 is 0.979. The van der Waals surface area contributed by atoms with E-state index in [9.17, 15) is 9.59 Å². The van der Waals surface area contributed by atoms with Crippen LogP contribution < -0.4 is 10.6 Å². The molecule has 1 heterocycles. The van der Waals surface area contributed by atoms with E-state index in [2.05, 4.69) is 19.4 Å². The molecule has 0 spiro atoms. The molecular weight excluding hydrogens is 228 g/mol. The normalized spacial score (nSPS) is 9.81. The van der Waals surface area contributed by atoms with Crippen LogP contribution in [0.4, 0.5) is 0 Å². The predicted molar refractivity (Wildman–Crippen MR) is 60.2 cm³/mol. The summed E-state index contributed by atoms with van der Waals surface area (Å²) in [5.41, 5.74) is 0.291. The summed E-state index contributed by atoms with van der Waals surface area (Å²) in [6, 6.07) is 0. The van der Waals surface area contributed by atoms with E-state index in [4.69, 9.17) is 0 Å². The number of hydrogen-bond donors (Lipinski definition) is 2. The number of carbonyl (C=O) groups is 2.